The SMILES string of the molecule is CCCCS(=O)(=O)O[SH](F)(c1ccccc1)(c1ccccc1)c1ccccc1. The molecule has 6 heteroatoms. The Kier molecular flexibility index (Phi) is 5.93. The van der Waals surface area contributed by atoms with E-state index in [0.29, 0.717) is 12.8 Å². The van der Waals surface area contributed by atoms with E-state index in [1.54, 1.807) is 91.0 Å². The van der Waals surface area contributed by atoms with Crippen LogP contribution < -0.4 is 0 Å². The number of unbranched alkanes of at least 4 members (excludes halogenated alkanes) is 1. The Labute approximate surface area is 167 Å². The fourth-order valence-corrected chi connectivity index (χ4v) is 9.92. The molecule has 0 aliphatic heterocycles. The van der Waals surface area contributed by atoms with E-state index in [2.05, 4.69) is 0 Å². The Hall–Kier alpha value is -2.15. The summed E-state index contributed by atoms with van der Waals surface area (Å²) in [4.78, 5) is 0.683. The third kappa shape index (κ3) is 3.72. The van der Waals surface area contributed by atoms with Crippen LogP contribution in [0, 0.1) is 0 Å². The fraction of sp³-hybridized carbons (Fsp3) is 0.182. The standard InChI is InChI=1S/C22H25FO3S2/c1-2-3-19-27(24,25)26-28(23,20-13-7-4-8-14-20,21-15-9-5-10-16-21)22-17-11-6-12-18-22/h4-18,28H,2-3,19H2,1H3. The fourth-order valence-electron chi connectivity index (χ4n) is 3.23. The molecule has 3 aromatic rings. The van der Waals surface area contributed by atoms with Crippen molar-refractivity contribution in [3.05, 3.63) is 91.0 Å². The molecule has 3 rings (SSSR count). The molecule has 0 N–H and O–H groups in total. The second-order valence-corrected chi connectivity index (χ2v) is 12.2. The number of hydrogen-bond donors (Lipinski definition) is 1. The van der Waals surface area contributed by atoms with E-state index in [4.69, 9.17) is 3.63 Å². The van der Waals surface area contributed by atoms with Crippen molar-refractivity contribution < 1.29 is 15.9 Å². The molecule has 0 aliphatic carbocycles. The minimum absolute atomic E-state index is 0.224. The number of hydrogen-bond acceptors (Lipinski definition) is 3. The van der Waals surface area contributed by atoms with Crippen LogP contribution in [0.25, 0.3) is 0 Å². The zero-order valence-electron chi connectivity index (χ0n) is 15.7. The molecular weight excluding hydrogens is 395 g/mol. The van der Waals surface area contributed by atoms with Crippen LogP contribution in [0.3, 0.4) is 0 Å². The number of halogens is 1. The molecule has 0 heterocycles. The van der Waals surface area contributed by atoms with Crippen molar-refractivity contribution >= 4 is 19.9 Å². The molecule has 0 bridgehead atoms. The first-order chi connectivity index (χ1) is 13.4. The number of rotatable bonds is 8. The van der Waals surface area contributed by atoms with Gasteiger partial charge in [0.15, 0.2) is 0 Å². The maximum Gasteiger partial charge on any atom is 0.277 e. The monoisotopic (exact) mass is 420 g/mol. The lowest BCUT2D eigenvalue weighted by Crippen LogP contribution is -2.24. The summed E-state index contributed by atoms with van der Waals surface area (Å²) in [6.07, 6.45) is 1.08. The first kappa shape index (κ1) is 20.6. The van der Waals surface area contributed by atoms with E-state index in [1.165, 1.54) is 0 Å². The van der Waals surface area contributed by atoms with Crippen molar-refractivity contribution in [3.8, 4) is 0 Å². The highest BCUT2D eigenvalue weighted by molar-refractivity contribution is 8.44. The minimum Gasteiger partial charge on any atom is -0.202 e. The zero-order valence-corrected chi connectivity index (χ0v) is 17.5. The summed E-state index contributed by atoms with van der Waals surface area (Å²) in [6.45, 7) is 1.89. The molecule has 0 aromatic heterocycles. The minimum atomic E-state index is -5.21. The first-order valence-corrected chi connectivity index (χ1v) is 12.9. The summed E-state index contributed by atoms with van der Waals surface area (Å²) in [5.41, 5.74) is 0. The molecule has 0 aliphatic rings. The van der Waals surface area contributed by atoms with Crippen LogP contribution in [0.15, 0.2) is 106 Å². The quantitative estimate of drug-likeness (QED) is 0.442. The third-order valence-corrected chi connectivity index (χ3v) is 11.1. The predicted octanol–water partition coefficient (Wildman–Crippen LogP) is 6.18. The molecule has 0 amide bonds. The molecule has 0 spiro atoms. The lowest BCUT2D eigenvalue weighted by Gasteiger charge is -2.54. The molecule has 0 atom stereocenters. The van der Waals surface area contributed by atoms with Crippen LogP contribution in [-0.2, 0) is 13.7 Å². The lowest BCUT2D eigenvalue weighted by molar-refractivity contribution is 0.479. The average molecular weight is 421 g/mol. The highest BCUT2D eigenvalue weighted by Gasteiger charge is 2.50. The highest BCUT2D eigenvalue weighted by atomic mass is 32.4. The summed E-state index contributed by atoms with van der Waals surface area (Å²) in [5, 5.41) is 0. The highest BCUT2D eigenvalue weighted by Crippen LogP contribution is 2.88. The van der Waals surface area contributed by atoms with Gasteiger partial charge in [-0.3, -0.25) is 0 Å². The smallest absolute Gasteiger partial charge is 0.202 e. The van der Waals surface area contributed by atoms with Crippen molar-refractivity contribution in [2.24, 2.45) is 0 Å². The molecule has 0 unspecified atom stereocenters. The zero-order chi connectivity index (χ0) is 20.1. The van der Waals surface area contributed by atoms with E-state index in [0.717, 1.165) is 0 Å². The Bertz CT molecular complexity index is 908. The van der Waals surface area contributed by atoms with Crippen LogP contribution in [0.4, 0.5) is 3.89 Å². The van der Waals surface area contributed by atoms with Crippen LogP contribution in [0.5, 0.6) is 0 Å². The Morgan fingerprint density at radius 3 is 1.43 bits per heavy atom. The van der Waals surface area contributed by atoms with Gasteiger partial charge in [0.1, 0.15) is 0 Å². The average Bonchev–Trinajstić information content (AvgIpc) is 2.74. The summed E-state index contributed by atoms with van der Waals surface area (Å²) >= 11 is 0. The normalized spacial score (nSPS) is 13.6. The molecule has 3 aromatic carbocycles. The molecule has 0 saturated carbocycles. The molecule has 0 saturated heterocycles. The predicted molar refractivity (Wildman–Crippen MR) is 114 cm³/mol. The topological polar surface area (TPSA) is 43.4 Å². The molecule has 0 radical (unpaired) electrons. The summed E-state index contributed by atoms with van der Waals surface area (Å²) < 4.78 is 49.3. The van der Waals surface area contributed by atoms with Crippen molar-refractivity contribution in [2.75, 3.05) is 5.75 Å². The summed E-state index contributed by atoms with van der Waals surface area (Å²) in [6, 6.07) is 25.1. The summed E-state index contributed by atoms with van der Waals surface area (Å²) in [5.74, 6) is -0.224. The second kappa shape index (κ2) is 8.07. The molecule has 150 valence electrons. The van der Waals surface area contributed by atoms with Crippen LogP contribution in [0.1, 0.15) is 19.8 Å². The Morgan fingerprint density at radius 2 is 1.11 bits per heavy atom. The molecule has 28 heavy (non-hydrogen) atoms. The third-order valence-electron chi connectivity index (χ3n) is 4.65. The maximum absolute atomic E-state index is 17.8. The van der Waals surface area contributed by atoms with Gasteiger partial charge >= 0.3 is 0 Å². The lowest BCUT2D eigenvalue weighted by atomic mass is 10.4. The summed E-state index contributed by atoms with van der Waals surface area (Å²) in [7, 11) is -9.33. The molecular formula is C22H25FO3S2. The van der Waals surface area contributed by atoms with Gasteiger partial charge in [-0.25, -0.2) is 3.63 Å². The van der Waals surface area contributed by atoms with E-state index in [-0.39, 0.29) is 20.4 Å². The van der Waals surface area contributed by atoms with Gasteiger partial charge < -0.3 is 0 Å². The van der Waals surface area contributed by atoms with Gasteiger partial charge in [0, 0.05) is 14.7 Å². The second-order valence-electron chi connectivity index (χ2n) is 6.63. The van der Waals surface area contributed by atoms with Gasteiger partial charge in [0.2, 0.25) is 0 Å². The van der Waals surface area contributed by atoms with Gasteiger partial charge in [-0.2, -0.15) is 12.3 Å². The van der Waals surface area contributed by atoms with Crippen molar-refractivity contribution in [1.29, 1.82) is 0 Å². The van der Waals surface area contributed by atoms with Crippen LogP contribution in [-0.4, -0.2) is 14.2 Å². The van der Waals surface area contributed by atoms with Crippen molar-refractivity contribution in [3.63, 3.8) is 0 Å². The van der Waals surface area contributed by atoms with E-state index >= 15 is 3.89 Å². The maximum atomic E-state index is 17.8. The largest absolute Gasteiger partial charge is 0.277 e. The Morgan fingerprint density at radius 1 is 0.750 bits per heavy atom. The van der Waals surface area contributed by atoms with E-state index in [9.17, 15) is 8.42 Å². The van der Waals surface area contributed by atoms with Gasteiger partial charge in [-0.05, 0) is 52.6 Å². The number of benzene rings is 3. The van der Waals surface area contributed by atoms with Gasteiger partial charge in [0.25, 0.3) is 10.1 Å². The Balaban J connectivity index is 2.37. The van der Waals surface area contributed by atoms with Crippen LogP contribution in [0.2, 0.25) is 0 Å². The van der Waals surface area contributed by atoms with Gasteiger partial charge in [0.05, 0.1) is 5.75 Å². The first-order valence-electron chi connectivity index (χ1n) is 9.25. The van der Waals surface area contributed by atoms with E-state index < -0.39 is 19.9 Å². The molecule has 0 fully saturated rings. The van der Waals surface area contributed by atoms with Gasteiger partial charge in [-0.15, -0.1) is 0 Å². The van der Waals surface area contributed by atoms with Crippen molar-refractivity contribution in [2.45, 2.75) is 34.5 Å². The van der Waals surface area contributed by atoms with Crippen LogP contribution >= 0.6 is 9.83 Å². The van der Waals surface area contributed by atoms with E-state index in [1.807, 2.05) is 6.92 Å². The molecule has 3 nitrogen and oxygen atoms in total. The van der Waals surface area contributed by atoms with Crippen molar-refractivity contribution in [1.82, 2.24) is 0 Å². The van der Waals surface area contributed by atoms with Gasteiger partial charge in [-0.1, -0.05) is 67.9 Å². The number of thiol groups is 1.